The highest BCUT2D eigenvalue weighted by atomic mass is 35.5. The third-order valence-corrected chi connectivity index (χ3v) is 5.87. The van der Waals surface area contributed by atoms with Gasteiger partial charge in [-0.05, 0) is 36.8 Å². The zero-order chi connectivity index (χ0) is 18.7. The van der Waals surface area contributed by atoms with Crippen LogP contribution in [-0.2, 0) is 9.84 Å². The standard InChI is InChI=1S/C17H16ClN3O4S/c18-11-3-1-4-12(9-11)19-16(22)14-5-2-6-15(21-14)17(23)20-13-7-8-26(24,25)10-13/h1-6,9,13H,7-8,10H2,(H,19,22)(H,20,23). The van der Waals surface area contributed by atoms with Crippen molar-refractivity contribution >= 4 is 38.9 Å². The van der Waals surface area contributed by atoms with E-state index in [1.165, 1.54) is 12.1 Å². The summed E-state index contributed by atoms with van der Waals surface area (Å²) in [6.45, 7) is 0. The van der Waals surface area contributed by atoms with Crippen molar-refractivity contribution in [3.63, 3.8) is 0 Å². The van der Waals surface area contributed by atoms with Crippen molar-refractivity contribution in [2.45, 2.75) is 12.5 Å². The second-order valence-corrected chi connectivity index (χ2v) is 8.61. The number of aromatic nitrogens is 1. The van der Waals surface area contributed by atoms with Crippen LogP contribution in [0.3, 0.4) is 0 Å². The molecule has 1 atom stereocenters. The van der Waals surface area contributed by atoms with Gasteiger partial charge in [-0.1, -0.05) is 23.7 Å². The van der Waals surface area contributed by atoms with Gasteiger partial charge < -0.3 is 10.6 Å². The summed E-state index contributed by atoms with van der Waals surface area (Å²) in [4.78, 5) is 28.6. The maximum absolute atomic E-state index is 12.3. The molecule has 1 saturated heterocycles. The molecule has 2 heterocycles. The van der Waals surface area contributed by atoms with E-state index in [4.69, 9.17) is 11.6 Å². The molecule has 1 aromatic heterocycles. The van der Waals surface area contributed by atoms with Crippen LogP contribution < -0.4 is 10.6 Å². The van der Waals surface area contributed by atoms with Gasteiger partial charge in [0, 0.05) is 16.8 Å². The normalized spacial score (nSPS) is 18.3. The molecule has 0 bridgehead atoms. The zero-order valence-electron chi connectivity index (χ0n) is 13.6. The van der Waals surface area contributed by atoms with Crippen LogP contribution in [0.2, 0.25) is 5.02 Å². The maximum Gasteiger partial charge on any atom is 0.274 e. The molecular weight excluding hydrogens is 378 g/mol. The van der Waals surface area contributed by atoms with Crippen molar-refractivity contribution in [1.82, 2.24) is 10.3 Å². The van der Waals surface area contributed by atoms with E-state index < -0.39 is 27.7 Å². The van der Waals surface area contributed by atoms with E-state index in [0.717, 1.165) is 0 Å². The Hall–Kier alpha value is -2.45. The van der Waals surface area contributed by atoms with Crippen molar-refractivity contribution in [2.75, 3.05) is 16.8 Å². The summed E-state index contributed by atoms with van der Waals surface area (Å²) in [7, 11) is -3.09. The molecule has 136 valence electrons. The molecule has 0 spiro atoms. The lowest BCUT2D eigenvalue weighted by molar-refractivity contribution is 0.0936. The molecule has 2 N–H and O–H groups in total. The van der Waals surface area contributed by atoms with E-state index >= 15 is 0 Å². The monoisotopic (exact) mass is 393 g/mol. The quantitative estimate of drug-likeness (QED) is 0.825. The molecule has 0 aliphatic carbocycles. The summed E-state index contributed by atoms with van der Waals surface area (Å²) >= 11 is 5.88. The van der Waals surface area contributed by atoms with Crippen molar-refractivity contribution in [1.29, 1.82) is 0 Å². The number of rotatable bonds is 4. The molecule has 3 rings (SSSR count). The highest BCUT2D eigenvalue weighted by Crippen LogP contribution is 2.16. The number of amides is 2. The third kappa shape index (κ3) is 4.59. The first-order valence-corrected chi connectivity index (χ1v) is 10.1. The first kappa shape index (κ1) is 18.3. The smallest absolute Gasteiger partial charge is 0.274 e. The Labute approximate surface area is 155 Å². The Morgan fingerprint density at radius 3 is 2.42 bits per heavy atom. The summed E-state index contributed by atoms with van der Waals surface area (Å²) in [6.07, 6.45) is 0.378. The summed E-state index contributed by atoms with van der Waals surface area (Å²) < 4.78 is 22.9. The predicted octanol–water partition coefficient (Wildman–Crippen LogP) is 1.90. The Bertz CT molecular complexity index is 962. The van der Waals surface area contributed by atoms with Crippen LogP contribution >= 0.6 is 11.6 Å². The van der Waals surface area contributed by atoms with Crippen LogP contribution in [-0.4, -0.2) is 42.8 Å². The number of nitrogens with zero attached hydrogens (tertiary/aromatic N) is 1. The number of halogens is 1. The van der Waals surface area contributed by atoms with Gasteiger partial charge in [0.1, 0.15) is 11.4 Å². The second-order valence-electron chi connectivity index (χ2n) is 5.95. The minimum atomic E-state index is -3.09. The van der Waals surface area contributed by atoms with Gasteiger partial charge in [0.25, 0.3) is 11.8 Å². The molecule has 1 unspecified atom stereocenters. The average molecular weight is 394 g/mol. The van der Waals surface area contributed by atoms with Crippen molar-refractivity contribution in [2.24, 2.45) is 0 Å². The molecule has 2 amide bonds. The minimum Gasteiger partial charge on any atom is -0.347 e. The number of anilines is 1. The lowest BCUT2D eigenvalue weighted by Crippen LogP contribution is -2.36. The molecule has 1 aliphatic heterocycles. The summed E-state index contributed by atoms with van der Waals surface area (Å²) in [6, 6.07) is 10.7. The van der Waals surface area contributed by atoms with Crippen LogP contribution in [0.25, 0.3) is 0 Å². The minimum absolute atomic E-state index is 0.0491. The summed E-state index contributed by atoms with van der Waals surface area (Å²) in [5, 5.41) is 5.78. The number of nitrogens with one attached hydrogen (secondary N) is 2. The first-order chi connectivity index (χ1) is 12.3. The maximum atomic E-state index is 12.3. The van der Waals surface area contributed by atoms with Gasteiger partial charge >= 0.3 is 0 Å². The Morgan fingerprint density at radius 1 is 1.08 bits per heavy atom. The topological polar surface area (TPSA) is 105 Å². The zero-order valence-corrected chi connectivity index (χ0v) is 15.2. The second kappa shape index (κ2) is 7.43. The third-order valence-electron chi connectivity index (χ3n) is 3.86. The molecule has 0 radical (unpaired) electrons. The molecule has 1 fully saturated rings. The fourth-order valence-corrected chi connectivity index (χ4v) is 4.48. The van der Waals surface area contributed by atoms with E-state index in [1.54, 1.807) is 30.3 Å². The van der Waals surface area contributed by atoms with Gasteiger partial charge in [-0.3, -0.25) is 9.59 Å². The van der Waals surface area contributed by atoms with E-state index in [2.05, 4.69) is 15.6 Å². The lowest BCUT2D eigenvalue weighted by atomic mass is 10.2. The van der Waals surface area contributed by atoms with Crippen molar-refractivity contribution in [3.05, 3.63) is 58.9 Å². The van der Waals surface area contributed by atoms with Gasteiger partial charge in [0.05, 0.1) is 11.5 Å². The van der Waals surface area contributed by atoms with E-state index in [-0.39, 0.29) is 22.9 Å². The fourth-order valence-electron chi connectivity index (χ4n) is 2.62. The fraction of sp³-hybridized carbons (Fsp3) is 0.235. The SMILES string of the molecule is O=C(Nc1cccc(Cl)c1)c1cccc(C(=O)NC2CCS(=O)(=O)C2)n1. The number of benzene rings is 1. The molecule has 2 aromatic rings. The number of carbonyl (C=O) groups excluding carboxylic acids is 2. The van der Waals surface area contributed by atoms with Gasteiger partial charge in [-0.25, -0.2) is 13.4 Å². The molecular formula is C17H16ClN3O4S. The van der Waals surface area contributed by atoms with Crippen LogP contribution in [0.1, 0.15) is 27.4 Å². The van der Waals surface area contributed by atoms with Crippen LogP contribution in [0.5, 0.6) is 0 Å². The number of hydrogen-bond donors (Lipinski definition) is 2. The molecule has 0 saturated carbocycles. The molecule has 1 aromatic carbocycles. The highest BCUT2D eigenvalue weighted by Gasteiger charge is 2.29. The van der Waals surface area contributed by atoms with Crippen molar-refractivity contribution < 1.29 is 18.0 Å². The molecule has 1 aliphatic rings. The van der Waals surface area contributed by atoms with Crippen LogP contribution in [0, 0.1) is 0 Å². The molecule has 9 heteroatoms. The van der Waals surface area contributed by atoms with E-state index in [0.29, 0.717) is 17.1 Å². The number of hydrogen-bond acceptors (Lipinski definition) is 5. The number of pyridine rings is 1. The van der Waals surface area contributed by atoms with Gasteiger partial charge in [0.2, 0.25) is 0 Å². The van der Waals surface area contributed by atoms with Gasteiger partial charge in [-0.15, -0.1) is 0 Å². The van der Waals surface area contributed by atoms with Gasteiger partial charge in [0.15, 0.2) is 9.84 Å². The highest BCUT2D eigenvalue weighted by molar-refractivity contribution is 7.91. The Kier molecular flexibility index (Phi) is 5.24. The van der Waals surface area contributed by atoms with Crippen molar-refractivity contribution in [3.8, 4) is 0 Å². The van der Waals surface area contributed by atoms with E-state index in [9.17, 15) is 18.0 Å². The van der Waals surface area contributed by atoms with Gasteiger partial charge in [-0.2, -0.15) is 0 Å². The summed E-state index contributed by atoms with van der Waals surface area (Å²) in [5.74, 6) is -1.00. The number of carbonyl (C=O) groups is 2. The largest absolute Gasteiger partial charge is 0.347 e. The lowest BCUT2D eigenvalue weighted by Gasteiger charge is -2.11. The average Bonchev–Trinajstić information content (AvgIpc) is 2.93. The van der Waals surface area contributed by atoms with E-state index in [1.807, 2.05) is 0 Å². The Balaban J connectivity index is 1.69. The van der Waals surface area contributed by atoms with Crippen LogP contribution in [0.4, 0.5) is 5.69 Å². The summed E-state index contributed by atoms with van der Waals surface area (Å²) in [5.41, 5.74) is 0.625. The molecule has 26 heavy (non-hydrogen) atoms. The molecule has 7 nitrogen and oxygen atoms in total. The van der Waals surface area contributed by atoms with Crippen LogP contribution in [0.15, 0.2) is 42.5 Å². The predicted molar refractivity (Wildman–Crippen MR) is 98.2 cm³/mol. The first-order valence-electron chi connectivity index (χ1n) is 7.88. The Morgan fingerprint density at radius 2 is 1.77 bits per heavy atom. The number of sulfone groups is 1.